The minimum Gasteiger partial charge on any atom is -0.494 e. The molecule has 3 nitrogen and oxygen atoms in total. The number of hydrogen-bond donors (Lipinski definition) is 0. The summed E-state index contributed by atoms with van der Waals surface area (Å²) in [6, 6.07) is 8.08. The van der Waals surface area contributed by atoms with Crippen LogP contribution in [0.5, 0.6) is 5.75 Å². The van der Waals surface area contributed by atoms with Crippen LogP contribution in [0.1, 0.15) is 102 Å². The van der Waals surface area contributed by atoms with Crippen molar-refractivity contribution >= 4 is 11.6 Å². The lowest BCUT2D eigenvalue weighted by Crippen LogP contribution is -2.36. The van der Waals surface area contributed by atoms with Crippen molar-refractivity contribution in [3.8, 4) is 5.75 Å². The van der Waals surface area contributed by atoms with Gasteiger partial charge in [-0.25, -0.2) is 0 Å². The normalized spacial score (nSPS) is 23.9. The fourth-order valence-corrected chi connectivity index (χ4v) is 5.61. The third-order valence-electron chi connectivity index (χ3n) is 7.28. The molecule has 3 unspecified atom stereocenters. The van der Waals surface area contributed by atoms with Crippen LogP contribution in [0.25, 0.3) is 0 Å². The molecule has 30 heavy (non-hydrogen) atoms. The van der Waals surface area contributed by atoms with Gasteiger partial charge in [0.15, 0.2) is 5.78 Å². The van der Waals surface area contributed by atoms with Crippen LogP contribution in [0.3, 0.4) is 0 Å². The van der Waals surface area contributed by atoms with Gasteiger partial charge in [0.25, 0.3) is 0 Å². The zero-order chi connectivity index (χ0) is 21.3. The van der Waals surface area contributed by atoms with E-state index in [9.17, 15) is 9.59 Å². The Hall–Kier alpha value is -1.64. The van der Waals surface area contributed by atoms with Gasteiger partial charge in [0, 0.05) is 12.3 Å². The summed E-state index contributed by atoms with van der Waals surface area (Å²) >= 11 is 0. The van der Waals surface area contributed by atoms with Gasteiger partial charge >= 0.3 is 0 Å². The minimum absolute atomic E-state index is 0.133. The highest BCUT2D eigenvalue weighted by molar-refractivity contribution is 6.05. The van der Waals surface area contributed by atoms with Crippen molar-refractivity contribution < 1.29 is 14.3 Å². The molecule has 0 amide bonds. The summed E-state index contributed by atoms with van der Waals surface area (Å²) in [5.74, 6) is 1.60. The molecule has 3 atom stereocenters. The second-order valence-electron chi connectivity index (χ2n) is 9.44. The Morgan fingerprint density at radius 2 is 1.73 bits per heavy atom. The topological polar surface area (TPSA) is 43.4 Å². The highest BCUT2D eigenvalue weighted by atomic mass is 16.5. The fourth-order valence-electron chi connectivity index (χ4n) is 5.61. The summed E-state index contributed by atoms with van der Waals surface area (Å²) in [7, 11) is 0. The van der Waals surface area contributed by atoms with Crippen molar-refractivity contribution in [2.45, 2.75) is 96.8 Å². The van der Waals surface area contributed by atoms with Crippen LogP contribution in [0, 0.1) is 17.8 Å². The lowest BCUT2D eigenvalue weighted by atomic mass is 9.68. The van der Waals surface area contributed by atoms with Crippen molar-refractivity contribution in [1.82, 2.24) is 0 Å². The molecule has 1 aromatic rings. The SMILES string of the molecule is CCCCCC1CCC(C(=O)C(c2ccc(OCC)cc2)C2CCCCC2)C(=O)C1. The van der Waals surface area contributed by atoms with Crippen molar-refractivity contribution in [3.05, 3.63) is 29.8 Å². The van der Waals surface area contributed by atoms with E-state index >= 15 is 0 Å². The molecule has 2 fully saturated rings. The maximum absolute atomic E-state index is 13.7. The standard InChI is InChI=1S/C27H40O3/c1-3-5-7-10-20-13-18-24(25(28)19-20)27(29)26(21-11-8-6-9-12-21)22-14-16-23(17-15-22)30-4-2/h14-17,20-21,24,26H,3-13,18-19H2,1-2H3. The molecule has 0 N–H and O–H groups in total. The molecule has 0 bridgehead atoms. The Bertz CT molecular complexity index is 672. The maximum Gasteiger partial charge on any atom is 0.151 e. The van der Waals surface area contributed by atoms with Crippen molar-refractivity contribution in [2.75, 3.05) is 6.61 Å². The molecule has 1 aromatic carbocycles. The van der Waals surface area contributed by atoms with Gasteiger partial charge in [0.05, 0.1) is 12.5 Å². The molecule has 0 spiro atoms. The van der Waals surface area contributed by atoms with Gasteiger partial charge in [0.2, 0.25) is 0 Å². The number of ketones is 2. The second kappa shape index (κ2) is 11.7. The van der Waals surface area contributed by atoms with E-state index in [-0.39, 0.29) is 23.4 Å². The van der Waals surface area contributed by atoms with E-state index in [4.69, 9.17) is 4.74 Å². The number of carbonyl (C=O) groups is 2. The zero-order valence-electron chi connectivity index (χ0n) is 19.0. The highest BCUT2D eigenvalue weighted by Gasteiger charge is 2.40. The van der Waals surface area contributed by atoms with Crippen LogP contribution in [-0.2, 0) is 9.59 Å². The Kier molecular flexibility index (Phi) is 8.96. The number of hydrogen-bond acceptors (Lipinski definition) is 3. The summed E-state index contributed by atoms with van der Waals surface area (Å²) in [6.45, 7) is 4.83. The molecule has 3 rings (SSSR count). The van der Waals surface area contributed by atoms with E-state index in [0.29, 0.717) is 24.9 Å². The molecule has 0 radical (unpaired) electrons. The van der Waals surface area contributed by atoms with E-state index in [1.807, 2.05) is 19.1 Å². The van der Waals surface area contributed by atoms with Crippen LogP contribution < -0.4 is 4.74 Å². The first-order valence-corrected chi connectivity index (χ1v) is 12.4. The first-order chi connectivity index (χ1) is 14.6. The largest absolute Gasteiger partial charge is 0.494 e. The molecule has 2 saturated carbocycles. The minimum atomic E-state index is -0.383. The lowest BCUT2D eigenvalue weighted by Gasteiger charge is -2.34. The van der Waals surface area contributed by atoms with Gasteiger partial charge < -0.3 is 4.74 Å². The Labute approximate surface area is 183 Å². The van der Waals surface area contributed by atoms with Crippen molar-refractivity contribution in [2.24, 2.45) is 17.8 Å². The summed E-state index contributed by atoms with van der Waals surface area (Å²) < 4.78 is 5.59. The van der Waals surface area contributed by atoms with E-state index < -0.39 is 0 Å². The fraction of sp³-hybridized carbons (Fsp3) is 0.704. The van der Waals surface area contributed by atoms with E-state index in [2.05, 4.69) is 19.1 Å². The molecular weight excluding hydrogens is 372 g/mol. The number of unbranched alkanes of at least 4 members (excludes halogenated alkanes) is 2. The smallest absolute Gasteiger partial charge is 0.151 e. The predicted octanol–water partition coefficient (Wildman–Crippen LogP) is 6.88. The summed E-state index contributed by atoms with van der Waals surface area (Å²) in [6.07, 6.45) is 13.1. The molecule has 2 aliphatic rings. The maximum atomic E-state index is 13.7. The molecule has 2 aliphatic carbocycles. The third-order valence-corrected chi connectivity index (χ3v) is 7.28. The quantitative estimate of drug-likeness (QED) is 0.310. The van der Waals surface area contributed by atoms with E-state index in [1.165, 1.54) is 38.5 Å². The lowest BCUT2D eigenvalue weighted by molar-refractivity contribution is -0.137. The van der Waals surface area contributed by atoms with Gasteiger partial charge in [0.1, 0.15) is 11.5 Å². The number of carbonyl (C=O) groups excluding carboxylic acids is 2. The molecule has 166 valence electrons. The van der Waals surface area contributed by atoms with E-state index in [0.717, 1.165) is 43.4 Å². The van der Waals surface area contributed by atoms with Crippen molar-refractivity contribution in [3.63, 3.8) is 0 Å². The summed E-state index contributed by atoms with van der Waals surface area (Å²) in [5, 5.41) is 0. The van der Waals surface area contributed by atoms with Crippen LogP contribution >= 0.6 is 0 Å². The van der Waals surface area contributed by atoms with Crippen LogP contribution in [-0.4, -0.2) is 18.2 Å². The van der Waals surface area contributed by atoms with Gasteiger partial charge in [-0.2, -0.15) is 0 Å². The number of benzene rings is 1. The average molecular weight is 413 g/mol. The van der Waals surface area contributed by atoms with Crippen molar-refractivity contribution in [1.29, 1.82) is 0 Å². The van der Waals surface area contributed by atoms with E-state index in [1.54, 1.807) is 0 Å². The van der Waals surface area contributed by atoms with Crippen LogP contribution in [0.2, 0.25) is 0 Å². The summed E-state index contributed by atoms with van der Waals surface area (Å²) in [5.41, 5.74) is 1.08. The Morgan fingerprint density at radius 3 is 2.37 bits per heavy atom. The first kappa shape index (κ1) is 23.0. The second-order valence-corrected chi connectivity index (χ2v) is 9.44. The molecule has 0 heterocycles. The average Bonchev–Trinajstić information content (AvgIpc) is 2.76. The number of ether oxygens (including phenoxy) is 1. The van der Waals surface area contributed by atoms with Gasteiger partial charge in [-0.05, 0) is 62.1 Å². The summed E-state index contributed by atoms with van der Waals surface area (Å²) in [4.78, 5) is 26.7. The van der Waals surface area contributed by atoms with Gasteiger partial charge in [-0.3, -0.25) is 9.59 Å². The van der Waals surface area contributed by atoms with Gasteiger partial charge in [-0.15, -0.1) is 0 Å². The highest BCUT2D eigenvalue weighted by Crippen LogP contribution is 2.41. The molecule has 3 heteroatoms. The molecular formula is C27H40O3. The predicted molar refractivity (Wildman–Crippen MR) is 122 cm³/mol. The number of rotatable bonds is 10. The number of Topliss-reactive ketones (excluding diaryl/α,β-unsaturated/α-hetero) is 2. The molecule has 0 aliphatic heterocycles. The first-order valence-electron chi connectivity index (χ1n) is 12.4. The van der Waals surface area contributed by atoms with Gasteiger partial charge in [-0.1, -0.05) is 64.0 Å². The Balaban J connectivity index is 1.73. The zero-order valence-corrected chi connectivity index (χ0v) is 19.0. The monoisotopic (exact) mass is 412 g/mol. The van der Waals surface area contributed by atoms with Crippen LogP contribution in [0.15, 0.2) is 24.3 Å². The molecule has 0 aromatic heterocycles. The Morgan fingerprint density at radius 1 is 1.00 bits per heavy atom. The van der Waals surface area contributed by atoms with Crippen LogP contribution in [0.4, 0.5) is 0 Å². The molecule has 0 saturated heterocycles. The third kappa shape index (κ3) is 5.95.